The number of nitrogens with one attached hydrogen (secondary N) is 2. The van der Waals surface area contributed by atoms with E-state index in [9.17, 15) is 9.59 Å². The highest BCUT2D eigenvalue weighted by Gasteiger charge is 2.19. The Labute approximate surface area is 133 Å². The predicted molar refractivity (Wildman–Crippen MR) is 86.1 cm³/mol. The SMILES string of the molecule is CCCCC(NC(=O)Cc1c[nH]c2ccc(Cl)cc12)C(=O)O. The minimum absolute atomic E-state index is 0.121. The zero-order chi connectivity index (χ0) is 16.1. The van der Waals surface area contributed by atoms with Gasteiger partial charge < -0.3 is 15.4 Å². The van der Waals surface area contributed by atoms with Crippen LogP contribution in [0, 0.1) is 0 Å². The normalized spacial score (nSPS) is 12.3. The first-order valence-corrected chi connectivity index (χ1v) is 7.66. The van der Waals surface area contributed by atoms with Crippen molar-refractivity contribution in [2.24, 2.45) is 0 Å². The molecule has 1 amide bonds. The monoisotopic (exact) mass is 322 g/mol. The summed E-state index contributed by atoms with van der Waals surface area (Å²) < 4.78 is 0. The van der Waals surface area contributed by atoms with Gasteiger partial charge in [-0.1, -0.05) is 31.4 Å². The summed E-state index contributed by atoms with van der Waals surface area (Å²) in [5, 5.41) is 13.2. The number of carbonyl (C=O) groups excluding carboxylic acids is 1. The van der Waals surface area contributed by atoms with Gasteiger partial charge in [-0.2, -0.15) is 0 Å². The summed E-state index contributed by atoms with van der Waals surface area (Å²) in [5.74, 6) is -1.30. The van der Waals surface area contributed by atoms with Gasteiger partial charge in [-0.3, -0.25) is 4.79 Å². The van der Waals surface area contributed by atoms with E-state index in [1.54, 1.807) is 18.3 Å². The Morgan fingerprint density at radius 2 is 2.18 bits per heavy atom. The summed E-state index contributed by atoms with van der Waals surface area (Å²) in [6.07, 6.45) is 3.97. The molecule has 1 unspecified atom stereocenters. The van der Waals surface area contributed by atoms with E-state index < -0.39 is 12.0 Å². The van der Waals surface area contributed by atoms with Crippen molar-refractivity contribution in [3.8, 4) is 0 Å². The molecule has 0 aliphatic carbocycles. The van der Waals surface area contributed by atoms with Gasteiger partial charge >= 0.3 is 5.97 Å². The van der Waals surface area contributed by atoms with Crippen molar-refractivity contribution < 1.29 is 14.7 Å². The summed E-state index contributed by atoms with van der Waals surface area (Å²) in [5.41, 5.74) is 1.70. The van der Waals surface area contributed by atoms with Crippen molar-refractivity contribution in [3.63, 3.8) is 0 Å². The second kappa shape index (κ2) is 7.31. The lowest BCUT2D eigenvalue weighted by Crippen LogP contribution is -2.41. The van der Waals surface area contributed by atoms with Crippen molar-refractivity contribution in [2.75, 3.05) is 0 Å². The smallest absolute Gasteiger partial charge is 0.326 e. The van der Waals surface area contributed by atoms with Crippen molar-refractivity contribution >= 4 is 34.4 Å². The first-order valence-electron chi connectivity index (χ1n) is 7.29. The molecule has 3 N–H and O–H groups in total. The zero-order valence-corrected chi connectivity index (χ0v) is 13.1. The zero-order valence-electron chi connectivity index (χ0n) is 12.4. The Morgan fingerprint density at radius 3 is 2.86 bits per heavy atom. The Bertz CT molecular complexity index is 681. The number of fused-ring (bicyclic) bond motifs is 1. The minimum atomic E-state index is -0.997. The number of aromatic amines is 1. The number of carbonyl (C=O) groups is 2. The lowest BCUT2D eigenvalue weighted by atomic mass is 10.1. The molecule has 0 aliphatic rings. The third-order valence-corrected chi connectivity index (χ3v) is 3.80. The topological polar surface area (TPSA) is 82.2 Å². The van der Waals surface area contributed by atoms with Crippen LogP contribution >= 0.6 is 11.6 Å². The Balaban J connectivity index is 2.06. The number of hydrogen-bond acceptors (Lipinski definition) is 2. The molecule has 1 aromatic heterocycles. The summed E-state index contributed by atoms with van der Waals surface area (Å²) in [6, 6.07) is 4.58. The third-order valence-electron chi connectivity index (χ3n) is 3.56. The molecule has 6 heteroatoms. The molecule has 118 valence electrons. The van der Waals surface area contributed by atoms with E-state index in [0.29, 0.717) is 11.4 Å². The molecule has 0 radical (unpaired) electrons. The van der Waals surface area contributed by atoms with E-state index in [1.807, 2.05) is 13.0 Å². The molecule has 0 saturated heterocycles. The fraction of sp³-hybridized carbons (Fsp3) is 0.375. The van der Waals surface area contributed by atoms with Crippen molar-refractivity contribution in [1.82, 2.24) is 10.3 Å². The van der Waals surface area contributed by atoms with Gasteiger partial charge in [0.25, 0.3) is 0 Å². The number of hydrogen-bond donors (Lipinski definition) is 3. The molecule has 0 saturated carbocycles. The van der Waals surface area contributed by atoms with E-state index >= 15 is 0 Å². The van der Waals surface area contributed by atoms with Crippen LogP contribution in [-0.2, 0) is 16.0 Å². The van der Waals surface area contributed by atoms with Gasteiger partial charge in [-0.15, -0.1) is 0 Å². The molecule has 1 aromatic carbocycles. The van der Waals surface area contributed by atoms with Crippen molar-refractivity contribution in [1.29, 1.82) is 0 Å². The number of rotatable bonds is 7. The fourth-order valence-corrected chi connectivity index (χ4v) is 2.55. The molecule has 0 aliphatic heterocycles. The third kappa shape index (κ3) is 4.01. The van der Waals surface area contributed by atoms with Crippen LogP contribution in [0.2, 0.25) is 5.02 Å². The number of amides is 1. The van der Waals surface area contributed by atoms with Crippen LogP contribution in [0.3, 0.4) is 0 Å². The maximum Gasteiger partial charge on any atom is 0.326 e. The Hall–Kier alpha value is -2.01. The van der Waals surface area contributed by atoms with Crippen LogP contribution < -0.4 is 5.32 Å². The largest absolute Gasteiger partial charge is 0.480 e. The molecule has 0 spiro atoms. The molecule has 2 aromatic rings. The lowest BCUT2D eigenvalue weighted by Gasteiger charge is -2.13. The van der Waals surface area contributed by atoms with Crippen LogP contribution in [-0.4, -0.2) is 28.0 Å². The highest BCUT2D eigenvalue weighted by atomic mass is 35.5. The molecule has 1 heterocycles. The number of halogens is 1. The number of carboxylic acid groups (broad SMARTS) is 1. The van der Waals surface area contributed by atoms with E-state index in [4.69, 9.17) is 16.7 Å². The van der Waals surface area contributed by atoms with Gasteiger partial charge in [0, 0.05) is 22.1 Å². The maximum atomic E-state index is 12.1. The predicted octanol–water partition coefficient (Wildman–Crippen LogP) is 3.12. The minimum Gasteiger partial charge on any atom is -0.480 e. The van der Waals surface area contributed by atoms with Gasteiger partial charge in [-0.05, 0) is 30.2 Å². The first-order chi connectivity index (χ1) is 10.5. The highest BCUT2D eigenvalue weighted by molar-refractivity contribution is 6.31. The maximum absolute atomic E-state index is 12.1. The van der Waals surface area contributed by atoms with Crippen LogP contribution in [0.1, 0.15) is 31.7 Å². The van der Waals surface area contributed by atoms with Crippen LogP contribution in [0.15, 0.2) is 24.4 Å². The molecular weight excluding hydrogens is 304 g/mol. The Kier molecular flexibility index (Phi) is 5.44. The fourth-order valence-electron chi connectivity index (χ4n) is 2.38. The summed E-state index contributed by atoms with van der Waals surface area (Å²) in [7, 11) is 0. The number of carboxylic acids is 1. The van der Waals surface area contributed by atoms with Crippen LogP contribution in [0.25, 0.3) is 10.9 Å². The molecule has 22 heavy (non-hydrogen) atoms. The number of aromatic nitrogens is 1. The second-order valence-electron chi connectivity index (χ2n) is 5.28. The summed E-state index contributed by atoms with van der Waals surface area (Å²) >= 11 is 5.98. The second-order valence-corrected chi connectivity index (χ2v) is 5.72. The quantitative estimate of drug-likeness (QED) is 0.732. The van der Waals surface area contributed by atoms with Crippen molar-refractivity contribution in [2.45, 2.75) is 38.6 Å². The number of benzene rings is 1. The molecule has 5 nitrogen and oxygen atoms in total. The summed E-state index contributed by atoms with van der Waals surface area (Å²) in [6.45, 7) is 1.98. The number of unbranched alkanes of at least 4 members (excludes halogenated alkanes) is 1. The molecular formula is C16H19ClN2O3. The van der Waals surface area contributed by atoms with Gasteiger partial charge in [0.05, 0.1) is 6.42 Å². The highest BCUT2D eigenvalue weighted by Crippen LogP contribution is 2.22. The van der Waals surface area contributed by atoms with Gasteiger partial charge in [0.2, 0.25) is 5.91 Å². The van der Waals surface area contributed by atoms with Crippen molar-refractivity contribution in [3.05, 3.63) is 35.0 Å². The average molecular weight is 323 g/mol. The number of aliphatic carboxylic acids is 1. The lowest BCUT2D eigenvalue weighted by molar-refractivity contribution is -0.141. The molecule has 2 rings (SSSR count). The molecule has 0 fully saturated rings. The van der Waals surface area contributed by atoms with Crippen LogP contribution in [0.4, 0.5) is 0 Å². The standard InChI is InChI=1S/C16H19ClN2O3/c1-2-3-4-14(16(21)22)19-15(20)7-10-9-18-13-6-5-11(17)8-12(10)13/h5-6,8-9,14,18H,2-4,7H2,1H3,(H,19,20)(H,21,22). The van der Waals surface area contributed by atoms with E-state index in [1.165, 1.54) is 0 Å². The average Bonchev–Trinajstić information content (AvgIpc) is 2.85. The van der Waals surface area contributed by atoms with Gasteiger partial charge in [0.15, 0.2) is 0 Å². The van der Waals surface area contributed by atoms with E-state index in [-0.39, 0.29) is 12.3 Å². The molecule has 0 bridgehead atoms. The first kappa shape index (κ1) is 16.4. The summed E-state index contributed by atoms with van der Waals surface area (Å²) in [4.78, 5) is 26.3. The van der Waals surface area contributed by atoms with Gasteiger partial charge in [0.1, 0.15) is 6.04 Å². The van der Waals surface area contributed by atoms with Crippen LogP contribution in [0.5, 0.6) is 0 Å². The molecule has 1 atom stereocenters. The Morgan fingerprint density at radius 1 is 1.41 bits per heavy atom. The van der Waals surface area contributed by atoms with Gasteiger partial charge in [-0.25, -0.2) is 4.79 Å². The van der Waals surface area contributed by atoms with E-state index in [2.05, 4.69) is 10.3 Å². The number of H-pyrrole nitrogens is 1. The van der Waals surface area contributed by atoms with E-state index in [0.717, 1.165) is 29.3 Å².